The van der Waals surface area contributed by atoms with E-state index in [4.69, 9.17) is 16.3 Å². The molecule has 4 atom stereocenters. The summed E-state index contributed by atoms with van der Waals surface area (Å²) < 4.78 is 7.20. The minimum Gasteiger partial charge on any atom is -0.387 e. The summed E-state index contributed by atoms with van der Waals surface area (Å²) in [4.78, 5) is 29.8. The van der Waals surface area contributed by atoms with Crippen LogP contribution in [0, 0.1) is 0 Å². The molecule has 1 fully saturated rings. The van der Waals surface area contributed by atoms with Crippen LogP contribution in [0.4, 0.5) is 5.82 Å². The van der Waals surface area contributed by atoms with Crippen LogP contribution >= 0.6 is 11.6 Å². The van der Waals surface area contributed by atoms with Crippen LogP contribution in [0.25, 0.3) is 22.6 Å². The molecule has 0 aliphatic carbocycles. The maximum Gasteiger partial charge on any atom is 0.252 e. The molecule has 12 heteroatoms. The standard InChI is InChI=1S/C19H22ClN7O4/c1-8(2)24-18(30)14-12(28)13(29)19(31-14)27-7-23-11-16(21-3)25-15(26-17(11)27)9-4-10(20)6-22-5-9/h4-8,12-14,19,28-29H,1-3H3,(H,24,30)(H,21,25,26)/t12-,13+,14-,19+/m0/s1. The van der Waals surface area contributed by atoms with Crippen molar-refractivity contribution < 1.29 is 19.7 Å². The van der Waals surface area contributed by atoms with Crippen molar-refractivity contribution in [1.29, 1.82) is 0 Å². The minimum atomic E-state index is -1.41. The van der Waals surface area contributed by atoms with Crippen LogP contribution in [0.5, 0.6) is 0 Å². The maximum atomic E-state index is 12.4. The minimum absolute atomic E-state index is 0.145. The average Bonchev–Trinajstić information content (AvgIpc) is 3.28. The molecule has 1 aliphatic rings. The molecule has 3 aromatic heterocycles. The van der Waals surface area contributed by atoms with Gasteiger partial charge in [0.15, 0.2) is 35.1 Å². The molecule has 4 N–H and O–H groups in total. The van der Waals surface area contributed by atoms with Crippen molar-refractivity contribution in [3.63, 3.8) is 0 Å². The van der Waals surface area contributed by atoms with Crippen molar-refractivity contribution in [3.8, 4) is 11.4 Å². The number of carbonyl (C=O) groups excluding carboxylic acids is 1. The molecule has 3 aromatic rings. The Kier molecular flexibility index (Phi) is 5.75. The first-order chi connectivity index (χ1) is 14.8. The van der Waals surface area contributed by atoms with Crippen LogP contribution in [-0.4, -0.2) is 72.0 Å². The monoisotopic (exact) mass is 447 g/mol. The van der Waals surface area contributed by atoms with E-state index in [0.717, 1.165) is 0 Å². The first kappa shape index (κ1) is 21.4. The number of anilines is 1. The van der Waals surface area contributed by atoms with Gasteiger partial charge in [-0.15, -0.1) is 0 Å². The van der Waals surface area contributed by atoms with Crippen LogP contribution in [0.3, 0.4) is 0 Å². The summed E-state index contributed by atoms with van der Waals surface area (Å²) >= 11 is 6.05. The number of aromatic nitrogens is 5. The highest BCUT2D eigenvalue weighted by atomic mass is 35.5. The van der Waals surface area contributed by atoms with Gasteiger partial charge in [0.05, 0.1) is 11.3 Å². The van der Waals surface area contributed by atoms with Gasteiger partial charge in [-0.05, 0) is 19.9 Å². The lowest BCUT2D eigenvalue weighted by atomic mass is 10.1. The van der Waals surface area contributed by atoms with Gasteiger partial charge in [0, 0.05) is 31.0 Å². The van der Waals surface area contributed by atoms with Crippen molar-refractivity contribution in [2.75, 3.05) is 12.4 Å². The Labute approximate surface area is 182 Å². The highest BCUT2D eigenvalue weighted by Gasteiger charge is 2.47. The quantitative estimate of drug-likeness (QED) is 0.444. The fourth-order valence-corrected chi connectivity index (χ4v) is 3.59. The highest BCUT2D eigenvalue weighted by Crippen LogP contribution is 2.33. The van der Waals surface area contributed by atoms with Gasteiger partial charge in [0.2, 0.25) is 0 Å². The molecule has 0 spiro atoms. The molecule has 4 rings (SSSR count). The zero-order chi connectivity index (χ0) is 22.3. The van der Waals surface area contributed by atoms with Gasteiger partial charge in [-0.2, -0.15) is 0 Å². The van der Waals surface area contributed by atoms with Gasteiger partial charge in [-0.3, -0.25) is 14.3 Å². The summed E-state index contributed by atoms with van der Waals surface area (Å²) in [5.41, 5.74) is 1.36. The zero-order valence-corrected chi connectivity index (χ0v) is 17.8. The number of halogens is 1. The van der Waals surface area contributed by atoms with E-state index >= 15 is 0 Å². The van der Waals surface area contributed by atoms with Crippen molar-refractivity contribution in [1.82, 2.24) is 29.8 Å². The van der Waals surface area contributed by atoms with Gasteiger partial charge in [-0.25, -0.2) is 15.0 Å². The molecule has 0 aromatic carbocycles. The molecule has 1 aliphatic heterocycles. The van der Waals surface area contributed by atoms with Gasteiger partial charge in [-0.1, -0.05) is 11.6 Å². The Morgan fingerprint density at radius 2 is 2.03 bits per heavy atom. The number of fused-ring (bicyclic) bond motifs is 1. The summed E-state index contributed by atoms with van der Waals surface area (Å²) in [5, 5.41) is 27.1. The number of imidazole rings is 1. The van der Waals surface area contributed by atoms with E-state index in [9.17, 15) is 15.0 Å². The number of ether oxygens (including phenoxy) is 1. The topological polar surface area (TPSA) is 147 Å². The summed E-state index contributed by atoms with van der Waals surface area (Å²) in [6.07, 6.45) is -0.602. The molecule has 4 heterocycles. The smallest absolute Gasteiger partial charge is 0.252 e. The summed E-state index contributed by atoms with van der Waals surface area (Å²) in [6, 6.07) is 1.53. The number of carbonyl (C=O) groups is 1. The Bertz CT molecular complexity index is 1120. The predicted octanol–water partition coefficient (Wildman–Crippen LogP) is 0.727. The number of pyridine rings is 1. The molecule has 1 amide bonds. The molecule has 11 nitrogen and oxygen atoms in total. The molecule has 0 bridgehead atoms. The lowest BCUT2D eigenvalue weighted by Gasteiger charge is -2.17. The van der Waals surface area contributed by atoms with Crippen molar-refractivity contribution in [2.45, 2.75) is 44.4 Å². The number of hydrogen-bond acceptors (Lipinski definition) is 9. The van der Waals surface area contributed by atoms with Crippen molar-refractivity contribution in [2.24, 2.45) is 0 Å². The molecule has 31 heavy (non-hydrogen) atoms. The Balaban J connectivity index is 1.76. The highest BCUT2D eigenvalue weighted by molar-refractivity contribution is 6.30. The number of nitrogens with one attached hydrogen (secondary N) is 2. The van der Waals surface area contributed by atoms with E-state index in [0.29, 0.717) is 33.4 Å². The van der Waals surface area contributed by atoms with Gasteiger partial charge in [0.25, 0.3) is 5.91 Å². The van der Waals surface area contributed by atoms with Crippen LogP contribution in [0.2, 0.25) is 5.02 Å². The molecule has 0 saturated carbocycles. The van der Waals surface area contributed by atoms with Gasteiger partial charge < -0.3 is 25.6 Å². The van der Waals surface area contributed by atoms with E-state index in [1.165, 1.54) is 17.1 Å². The number of amides is 1. The first-order valence-electron chi connectivity index (χ1n) is 9.65. The Hall–Kier alpha value is -2.86. The third-order valence-electron chi connectivity index (χ3n) is 4.82. The maximum absolute atomic E-state index is 12.4. The fraction of sp³-hybridized carbons (Fsp3) is 0.421. The number of aliphatic hydroxyl groups is 2. The lowest BCUT2D eigenvalue weighted by Crippen LogP contribution is -2.45. The van der Waals surface area contributed by atoms with Crippen LogP contribution in [0.1, 0.15) is 20.1 Å². The Morgan fingerprint density at radius 1 is 1.26 bits per heavy atom. The molecule has 164 valence electrons. The molecular weight excluding hydrogens is 426 g/mol. The first-order valence-corrected chi connectivity index (χ1v) is 10.0. The third-order valence-corrected chi connectivity index (χ3v) is 5.03. The van der Waals surface area contributed by atoms with E-state index in [-0.39, 0.29) is 6.04 Å². The summed E-state index contributed by atoms with van der Waals surface area (Å²) in [7, 11) is 1.69. The zero-order valence-electron chi connectivity index (χ0n) is 17.0. The van der Waals surface area contributed by atoms with Crippen molar-refractivity contribution >= 4 is 34.5 Å². The molecular formula is C19H22ClN7O4. The normalized spacial score (nSPS) is 23.5. The SMILES string of the molecule is CNc1nc(-c2cncc(Cl)c2)nc2c1ncn2[C@@H]1O[C@H](C(=O)NC(C)C)[C@@H](O)[C@H]1O. The van der Waals surface area contributed by atoms with Crippen LogP contribution in [-0.2, 0) is 9.53 Å². The number of hydrogen-bond donors (Lipinski definition) is 4. The Morgan fingerprint density at radius 3 is 2.71 bits per heavy atom. The largest absolute Gasteiger partial charge is 0.387 e. The summed E-state index contributed by atoms with van der Waals surface area (Å²) in [6.45, 7) is 3.58. The van der Waals surface area contributed by atoms with E-state index < -0.39 is 30.4 Å². The second kappa shape index (κ2) is 8.35. The lowest BCUT2D eigenvalue weighted by molar-refractivity contribution is -0.138. The van der Waals surface area contributed by atoms with Crippen LogP contribution < -0.4 is 10.6 Å². The summed E-state index contributed by atoms with van der Waals surface area (Å²) in [5.74, 6) is 0.265. The molecule has 0 radical (unpaired) electrons. The van der Waals surface area contributed by atoms with Crippen LogP contribution in [0.15, 0.2) is 24.8 Å². The molecule has 1 saturated heterocycles. The predicted molar refractivity (Wildman–Crippen MR) is 112 cm³/mol. The second-order valence-electron chi connectivity index (χ2n) is 7.45. The second-order valence-corrected chi connectivity index (χ2v) is 7.89. The van der Waals surface area contributed by atoms with E-state index in [1.807, 2.05) is 0 Å². The van der Waals surface area contributed by atoms with E-state index in [2.05, 4.69) is 30.6 Å². The van der Waals surface area contributed by atoms with Crippen molar-refractivity contribution in [3.05, 3.63) is 29.8 Å². The van der Waals surface area contributed by atoms with E-state index in [1.54, 1.807) is 33.2 Å². The number of nitrogens with zero attached hydrogens (tertiary/aromatic N) is 5. The van der Waals surface area contributed by atoms with Gasteiger partial charge >= 0.3 is 0 Å². The number of rotatable bonds is 5. The number of aliphatic hydroxyl groups excluding tert-OH is 2. The average molecular weight is 448 g/mol. The molecule has 0 unspecified atom stereocenters. The third kappa shape index (κ3) is 3.92. The van der Waals surface area contributed by atoms with Gasteiger partial charge in [0.1, 0.15) is 12.2 Å². The fourth-order valence-electron chi connectivity index (χ4n) is 3.41.